The highest BCUT2D eigenvalue weighted by Gasteiger charge is 2.32. The summed E-state index contributed by atoms with van der Waals surface area (Å²) in [7, 11) is 0. The number of carbonyl (C=O) groups is 1. The van der Waals surface area contributed by atoms with Crippen molar-refractivity contribution in [3.05, 3.63) is 17.0 Å². The Kier molecular flexibility index (Phi) is 5.95. The predicted molar refractivity (Wildman–Crippen MR) is 88.6 cm³/mol. The summed E-state index contributed by atoms with van der Waals surface area (Å²) in [5.41, 5.74) is 2.04. The van der Waals surface area contributed by atoms with Crippen molar-refractivity contribution in [3.63, 3.8) is 0 Å². The molecule has 0 unspecified atom stereocenters. The highest BCUT2D eigenvalue weighted by Crippen LogP contribution is 2.23. The fraction of sp³-hybridized carbons (Fsp3) is 0.625. The van der Waals surface area contributed by atoms with Gasteiger partial charge in [0.15, 0.2) is 5.16 Å². The molecule has 1 heterocycles. The lowest BCUT2D eigenvalue weighted by Gasteiger charge is -2.28. The van der Waals surface area contributed by atoms with E-state index in [0.717, 1.165) is 17.0 Å². The number of amides is 1. The van der Waals surface area contributed by atoms with Crippen molar-refractivity contribution in [3.8, 4) is 6.07 Å². The number of aromatic nitrogens is 2. The zero-order valence-electron chi connectivity index (χ0n) is 14.3. The Morgan fingerprint density at radius 1 is 1.23 bits per heavy atom. The fourth-order valence-electron chi connectivity index (χ4n) is 1.66. The second kappa shape index (κ2) is 7.10. The van der Waals surface area contributed by atoms with Crippen LogP contribution in [0.5, 0.6) is 0 Å². The minimum absolute atomic E-state index is 0.0266. The molecule has 5 nitrogen and oxygen atoms in total. The average molecular weight is 320 g/mol. The highest BCUT2D eigenvalue weighted by atomic mass is 32.2. The van der Waals surface area contributed by atoms with E-state index in [9.17, 15) is 10.1 Å². The summed E-state index contributed by atoms with van der Waals surface area (Å²) in [6, 6.07) is 2.18. The van der Waals surface area contributed by atoms with Gasteiger partial charge in [0, 0.05) is 11.4 Å². The summed E-state index contributed by atoms with van der Waals surface area (Å²) in [5, 5.41) is 12.3. The zero-order valence-corrected chi connectivity index (χ0v) is 15.1. The molecule has 0 aliphatic rings. The van der Waals surface area contributed by atoms with Crippen molar-refractivity contribution >= 4 is 17.7 Å². The number of nitrogens with zero attached hydrogens (tertiary/aromatic N) is 3. The van der Waals surface area contributed by atoms with E-state index in [2.05, 4.69) is 21.4 Å². The van der Waals surface area contributed by atoms with Gasteiger partial charge in [-0.3, -0.25) is 4.79 Å². The number of thioether (sulfide) groups is 1. The maximum Gasteiger partial charge on any atom is 0.234 e. The molecule has 0 saturated carbocycles. The van der Waals surface area contributed by atoms with Crippen LogP contribution in [0.15, 0.2) is 5.16 Å². The molecule has 0 aliphatic heterocycles. The first-order valence-corrected chi connectivity index (χ1v) is 8.20. The van der Waals surface area contributed by atoms with Crippen molar-refractivity contribution in [2.75, 3.05) is 0 Å². The van der Waals surface area contributed by atoms with E-state index in [0.29, 0.717) is 5.16 Å². The Bertz CT molecular complexity index is 586. The molecule has 1 aromatic rings. The van der Waals surface area contributed by atoms with Crippen LogP contribution in [0.2, 0.25) is 0 Å². The van der Waals surface area contributed by atoms with Crippen molar-refractivity contribution in [2.45, 2.75) is 64.4 Å². The van der Waals surface area contributed by atoms with Gasteiger partial charge < -0.3 is 5.32 Å². The topological polar surface area (TPSA) is 78.7 Å². The molecule has 6 heteroatoms. The van der Waals surface area contributed by atoms with E-state index in [-0.39, 0.29) is 17.1 Å². The second-order valence-corrected chi connectivity index (χ2v) is 7.33. The van der Waals surface area contributed by atoms with Crippen LogP contribution in [0.25, 0.3) is 0 Å². The van der Waals surface area contributed by atoms with Crippen LogP contribution < -0.4 is 5.32 Å². The highest BCUT2D eigenvalue weighted by molar-refractivity contribution is 8.00. The van der Waals surface area contributed by atoms with Gasteiger partial charge in [-0.2, -0.15) is 5.26 Å². The van der Waals surface area contributed by atoms with Gasteiger partial charge in [0.25, 0.3) is 0 Å². The summed E-state index contributed by atoms with van der Waals surface area (Å²) in [4.78, 5) is 21.2. The molecule has 0 aliphatic carbocycles. The molecule has 0 fully saturated rings. The second-order valence-electron chi connectivity index (χ2n) is 6.02. The molecule has 0 radical (unpaired) electrons. The lowest BCUT2D eigenvalue weighted by molar-refractivity contribution is -0.121. The van der Waals surface area contributed by atoms with Crippen LogP contribution in [0, 0.1) is 38.0 Å². The standard InChI is InChI=1S/C16H24N4OS/c1-9(2)16(7,8-17)20-14(21)13(6)22-15-18-11(4)10(3)12(5)19-15/h9,13H,1-7H3,(H,20,21)/t13-,16-/m0/s1. The van der Waals surface area contributed by atoms with Gasteiger partial charge in [0.1, 0.15) is 5.54 Å². The van der Waals surface area contributed by atoms with E-state index in [4.69, 9.17) is 0 Å². The molecular weight excluding hydrogens is 296 g/mol. The van der Waals surface area contributed by atoms with Gasteiger partial charge >= 0.3 is 0 Å². The predicted octanol–water partition coefficient (Wildman–Crippen LogP) is 2.94. The Balaban J connectivity index is 2.83. The van der Waals surface area contributed by atoms with Crippen LogP contribution in [0.4, 0.5) is 0 Å². The van der Waals surface area contributed by atoms with E-state index in [1.807, 2.05) is 34.6 Å². The number of rotatable bonds is 5. The lowest BCUT2D eigenvalue weighted by Crippen LogP contribution is -2.51. The van der Waals surface area contributed by atoms with Crippen molar-refractivity contribution in [1.82, 2.24) is 15.3 Å². The summed E-state index contributed by atoms with van der Waals surface area (Å²) < 4.78 is 0. The van der Waals surface area contributed by atoms with Crippen molar-refractivity contribution in [2.24, 2.45) is 5.92 Å². The van der Waals surface area contributed by atoms with Crippen LogP contribution in [0.1, 0.15) is 44.6 Å². The minimum Gasteiger partial charge on any atom is -0.337 e. The van der Waals surface area contributed by atoms with Gasteiger partial charge in [-0.1, -0.05) is 25.6 Å². The smallest absolute Gasteiger partial charge is 0.234 e. The van der Waals surface area contributed by atoms with Gasteiger partial charge in [-0.25, -0.2) is 9.97 Å². The third kappa shape index (κ3) is 4.20. The third-order valence-corrected chi connectivity index (χ3v) is 4.99. The fourth-order valence-corrected chi connectivity index (χ4v) is 2.53. The first-order valence-electron chi connectivity index (χ1n) is 7.32. The van der Waals surface area contributed by atoms with Gasteiger partial charge in [0.2, 0.25) is 5.91 Å². The molecule has 1 rings (SSSR count). The SMILES string of the molecule is Cc1nc(S[C@@H](C)C(=O)N[C@@](C)(C#N)C(C)C)nc(C)c1C. The van der Waals surface area contributed by atoms with Gasteiger partial charge in [-0.05, 0) is 46.1 Å². The monoisotopic (exact) mass is 320 g/mol. The van der Waals surface area contributed by atoms with Gasteiger partial charge in [-0.15, -0.1) is 0 Å². The molecule has 0 aromatic carbocycles. The van der Waals surface area contributed by atoms with Crippen molar-refractivity contribution in [1.29, 1.82) is 5.26 Å². The molecule has 2 atom stereocenters. The molecular formula is C16H24N4OS. The Morgan fingerprint density at radius 2 is 1.73 bits per heavy atom. The van der Waals surface area contributed by atoms with Crippen LogP contribution in [0.3, 0.4) is 0 Å². The average Bonchev–Trinajstić information content (AvgIpc) is 2.44. The number of hydrogen-bond acceptors (Lipinski definition) is 5. The number of nitrogens with one attached hydrogen (secondary N) is 1. The van der Waals surface area contributed by atoms with E-state index < -0.39 is 5.54 Å². The van der Waals surface area contributed by atoms with Crippen LogP contribution >= 0.6 is 11.8 Å². The summed E-state index contributed by atoms with van der Waals surface area (Å²) in [5.74, 6) is -0.152. The zero-order chi connectivity index (χ0) is 17.1. The Labute approximate surface area is 136 Å². The van der Waals surface area contributed by atoms with Gasteiger partial charge in [0.05, 0.1) is 11.3 Å². The Morgan fingerprint density at radius 3 is 2.14 bits per heavy atom. The maximum atomic E-state index is 12.3. The first-order chi connectivity index (χ1) is 10.1. The van der Waals surface area contributed by atoms with Crippen LogP contribution in [-0.4, -0.2) is 26.7 Å². The molecule has 22 heavy (non-hydrogen) atoms. The number of aryl methyl sites for hydroxylation is 2. The molecule has 0 bridgehead atoms. The van der Waals surface area contributed by atoms with E-state index >= 15 is 0 Å². The normalized spacial score (nSPS) is 15.0. The molecule has 1 aromatic heterocycles. The van der Waals surface area contributed by atoms with E-state index in [1.165, 1.54) is 11.8 Å². The molecule has 1 N–H and O–H groups in total. The maximum absolute atomic E-state index is 12.3. The molecule has 0 saturated heterocycles. The molecule has 1 amide bonds. The summed E-state index contributed by atoms with van der Waals surface area (Å²) >= 11 is 1.31. The first kappa shape index (κ1) is 18.4. The number of nitriles is 1. The third-order valence-electron chi connectivity index (χ3n) is 4.03. The number of carbonyl (C=O) groups excluding carboxylic acids is 1. The van der Waals surface area contributed by atoms with Crippen LogP contribution in [-0.2, 0) is 4.79 Å². The Hall–Kier alpha value is -1.61. The number of hydrogen-bond donors (Lipinski definition) is 1. The summed E-state index contributed by atoms with van der Waals surface area (Å²) in [6.45, 7) is 13.2. The molecule has 0 spiro atoms. The van der Waals surface area contributed by atoms with Crippen molar-refractivity contribution < 1.29 is 4.79 Å². The summed E-state index contributed by atoms with van der Waals surface area (Å²) in [6.07, 6.45) is 0. The minimum atomic E-state index is -0.869. The quantitative estimate of drug-likeness (QED) is 0.666. The van der Waals surface area contributed by atoms with E-state index in [1.54, 1.807) is 13.8 Å². The molecule has 120 valence electrons. The largest absolute Gasteiger partial charge is 0.337 e. The lowest BCUT2D eigenvalue weighted by atomic mass is 9.90.